The van der Waals surface area contributed by atoms with Crippen molar-refractivity contribution >= 4 is 16.9 Å². The van der Waals surface area contributed by atoms with Crippen molar-refractivity contribution in [2.75, 3.05) is 0 Å². The van der Waals surface area contributed by atoms with Gasteiger partial charge in [0.2, 0.25) is 0 Å². The topological polar surface area (TPSA) is 51.5 Å². The van der Waals surface area contributed by atoms with Gasteiger partial charge in [-0.05, 0) is 49.9 Å². The van der Waals surface area contributed by atoms with Crippen LogP contribution in [0.1, 0.15) is 24.6 Å². The first kappa shape index (κ1) is 15.7. The molecular formula is C16H16F3NO3. The number of fused-ring (bicyclic) bond motifs is 3. The molecule has 1 aromatic heterocycles. The first-order valence-electron chi connectivity index (χ1n) is 7.42. The molecule has 0 saturated heterocycles. The zero-order chi connectivity index (χ0) is 16.8. The van der Waals surface area contributed by atoms with Gasteiger partial charge in [0.25, 0.3) is 0 Å². The fraction of sp³-hybridized carbons (Fsp3) is 0.438. The first-order valence-corrected chi connectivity index (χ1v) is 7.42. The van der Waals surface area contributed by atoms with E-state index in [1.54, 1.807) is 6.07 Å². The number of carboxylic acid groups (broad SMARTS) is 1. The van der Waals surface area contributed by atoms with Gasteiger partial charge in [0.05, 0.1) is 5.92 Å². The normalized spacial score (nSPS) is 18.0. The molecule has 1 aliphatic rings. The van der Waals surface area contributed by atoms with Crippen LogP contribution in [0.5, 0.6) is 5.75 Å². The lowest BCUT2D eigenvalue weighted by atomic mass is 9.86. The third-order valence-electron chi connectivity index (χ3n) is 4.34. The second-order valence-corrected chi connectivity index (χ2v) is 5.67. The molecule has 124 valence electrons. The van der Waals surface area contributed by atoms with E-state index in [1.165, 1.54) is 12.1 Å². The number of nitrogens with zero attached hydrogens (tertiary/aromatic N) is 1. The molecule has 1 unspecified atom stereocenters. The molecule has 2 aromatic rings. The summed E-state index contributed by atoms with van der Waals surface area (Å²) in [5.74, 6) is -1.64. The fourth-order valence-electron chi connectivity index (χ4n) is 3.40. The number of aromatic nitrogens is 1. The summed E-state index contributed by atoms with van der Waals surface area (Å²) in [5.41, 5.74) is 2.66. The maximum Gasteiger partial charge on any atom is 0.573 e. The van der Waals surface area contributed by atoms with Gasteiger partial charge in [-0.15, -0.1) is 13.2 Å². The predicted molar refractivity (Wildman–Crippen MR) is 77.4 cm³/mol. The van der Waals surface area contributed by atoms with Crippen LogP contribution in [0, 0.1) is 5.92 Å². The van der Waals surface area contributed by atoms with E-state index >= 15 is 0 Å². The average Bonchev–Trinajstić information content (AvgIpc) is 2.78. The van der Waals surface area contributed by atoms with Crippen molar-refractivity contribution in [2.24, 2.45) is 5.92 Å². The van der Waals surface area contributed by atoms with Crippen LogP contribution in [0.2, 0.25) is 0 Å². The van der Waals surface area contributed by atoms with Gasteiger partial charge in [0, 0.05) is 23.1 Å². The van der Waals surface area contributed by atoms with E-state index in [0.29, 0.717) is 31.2 Å². The Morgan fingerprint density at radius 2 is 2.17 bits per heavy atom. The lowest BCUT2D eigenvalue weighted by Gasteiger charge is -2.20. The maximum atomic E-state index is 12.4. The highest BCUT2D eigenvalue weighted by atomic mass is 19.4. The third kappa shape index (κ3) is 2.87. The van der Waals surface area contributed by atoms with Crippen molar-refractivity contribution in [1.82, 2.24) is 4.57 Å². The smallest absolute Gasteiger partial charge is 0.481 e. The van der Waals surface area contributed by atoms with Crippen LogP contribution in [0.25, 0.3) is 10.9 Å². The lowest BCUT2D eigenvalue weighted by molar-refractivity contribution is -0.274. The number of rotatable bonds is 3. The van der Waals surface area contributed by atoms with Crippen LogP contribution >= 0.6 is 0 Å². The van der Waals surface area contributed by atoms with E-state index in [4.69, 9.17) is 0 Å². The van der Waals surface area contributed by atoms with Gasteiger partial charge in [-0.25, -0.2) is 0 Å². The molecule has 3 rings (SSSR count). The van der Waals surface area contributed by atoms with E-state index in [1.807, 2.05) is 11.5 Å². The minimum atomic E-state index is -4.75. The molecule has 0 spiro atoms. The Bertz CT molecular complexity index is 764. The number of aryl methyl sites for hydroxylation is 1. The number of benzene rings is 1. The number of aliphatic carboxylic acids is 1. The van der Waals surface area contributed by atoms with Gasteiger partial charge in [0.15, 0.2) is 0 Å². The zero-order valence-electron chi connectivity index (χ0n) is 12.5. The summed E-state index contributed by atoms with van der Waals surface area (Å²) in [5, 5.41) is 9.87. The average molecular weight is 327 g/mol. The molecule has 1 aromatic carbocycles. The third-order valence-corrected chi connectivity index (χ3v) is 4.34. The van der Waals surface area contributed by atoms with Gasteiger partial charge in [0.1, 0.15) is 5.75 Å². The summed E-state index contributed by atoms with van der Waals surface area (Å²) < 4.78 is 43.3. The summed E-state index contributed by atoms with van der Waals surface area (Å²) in [6.07, 6.45) is -3.25. The Balaban J connectivity index is 2.11. The predicted octanol–water partition coefficient (Wildman–Crippen LogP) is 3.75. The van der Waals surface area contributed by atoms with Crippen molar-refractivity contribution in [3.8, 4) is 5.75 Å². The minimum absolute atomic E-state index is 0.279. The number of ether oxygens (including phenoxy) is 1. The molecule has 0 fully saturated rings. The molecule has 23 heavy (non-hydrogen) atoms. The van der Waals surface area contributed by atoms with Gasteiger partial charge >= 0.3 is 12.3 Å². The zero-order valence-corrected chi connectivity index (χ0v) is 12.5. The highest BCUT2D eigenvalue weighted by Gasteiger charge is 2.32. The van der Waals surface area contributed by atoms with Crippen LogP contribution in [0.3, 0.4) is 0 Å². The Hall–Kier alpha value is -2.18. The molecule has 1 heterocycles. The lowest BCUT2D eigenvalue weighted by Crippen LogP contribution is -2.22. The van der Waals surface area contributed by atoms with Crippen molar-refractivity contribution in [3.05, 3.63) is 29.5 Å². The molecule has 1 N–H and O–H groups in total. The summed E-state index contributed by atoms with van der Waals surface area (Å²) >= 11 is 0. The molecule has 1 atom stereocenters. The Kier molecular flexibility index (Phi) is 3.74. The van der Waals surface area contributed by atoms with Crippen molar-refractivity contribution < 1.29 is 27.8 Å². The van der Waals surface area contributed by atoms with E-state index in [9.17, 15) is 23.1 Å². The summed E-state index contributed by atoms with van der Waals surface area (Å²) in [4.78, 5) is 11.3. The monoisotopic (exact) mass is 327 g/mol. The van der Waals surface area contributed by atoms with Gasteiger partial charge in [-0.3, -0.25) is 4.79 Å². The van der Waals surface area contributed by atoms with Crippen LogP contribution in [-0.4, -0.2) is 22.0 Å². The molecule has 0 aliphatic heterocycles. The fourth-order valence-corrected chi connectivity index (χ4v) is 3.40. The van der Waals surface area contributed by atoms with Crippen molar-refractivity contribution in [2.45, 2.75) is 39.1 Å². The molecule has 0 saturated carbocycles. The second-order valence-electron chi connectivity index (χ2n) is 5.67. The van der Waals surface area contributed by atoms with Gasteiger partial charge < -0.3 is 14.4 Å². The Morgan fingerprint density at radius 1 is 1.43 bits per heavy atom. The maximum absolute atomic E-state index is 12.4. The minimum Gasteiger partial charge on any atom is -0.481 e. The van der Waals surface area contributed by atoms with Gasteiger partial charge in [-0.1, -0.05) is 0 Å². The number of hydrogen-bond acceptors (Lipinski definition) is 2. The van der Waals surface area contributed by atoms with Crippen molar-refractivity contribution in [1.29, 1.82) is 0 Å². The van der Waals surface area contributed by atoms with E-state index in [-0.39, 0.29) is 5.75 Å². The van der Waals surface area contributed by atoms with Crippen LogP contribution in [-0.2, 0) is 24.2 Å². The molecule has 7 heteroatoms. The molecule has 0 amide bonds. The quantitative estimate of drug-likeness (QED) is 0.934. The number of halogens is 3. The highest BCUT2D eigenvalue weighted by Crippen LogP contribution is 2.37. The van der Waals surface area contributed by atoms with Crippen LogP contribution in [0.15, 0.2) is 18.2 Å². The van der Waals surface area contributed by atoms with Gasteiger partial charge in [-0.2, -0.15) is 0 Å². The Labute approximate surface area is 130 Å². The van der Waals surface area contributed by atoms with Crippen molar-refractivity contribution in [3.63, 3.8) is 0 Å². The Morgan fingerprint density at radius 3 is 2.78 bits per heavy atom. The highest BCUT2D eigenvalue weighted by molar-refractivity contribution is 5.88. The number of alkyl halides is 3. The van der Waals surface area contributed by atoms with E-state index in [0.717, 1.165) is 16.8 Å². The summed E-state index contributed by atoms with van der Waals surface area (Å²) in [6, 6.07) is 4.26. The molecular weight excluding hydrogens is 311 g/mol. The SMILES string of the molecule is CCn1c2c(c3cc(OC(F)(F)F)ccc31)CC(C(=O)O)CC2. The van der Waals surface area contributed by atoms with Crippen LogP contribution in [0.4, 0.5) is 13.2 Å². The van der Waals surface area contributed by atoms with E-state index in [2.05, 4.69) is 4.74 Å². The second kappa shape index (κ2) is 5.47. The number of carboxylic acids is 1. The summed E-state index contributed by atoms with van der Waals surface area (Å²) in [6.45, 7) is 2.65. The molecule has 0 bridgehead atoms. The molecule has 4 nitrogen and oxygen atoms in total. The van der Waals surface area contributed by atoms with Crippen LogP contribution < -0.4 is 4.74 Å². The number of carbonyl (C=O) groups is 1. The molecule has 1 aliphatic carbocycles. The summed E-state index contributed by atoms with van der Waals surface area (Å²) in [7, 11) is 0. The standard InChI is InChI=1S/C16H16F3NO3/c1-2-20-13-5-3-9(15(21)22)7-11(13)12-8-10(4-6-14(12)20)23-16(17,18)19/h4,6,8-9H,2-3,5,7H2,1H3,(H,21,22). The molecule has 0 radical (unpaired) electrons. The van der Waals surface area contributed by atoms with E-state index < -0.39 is 18.2 Å². The first-order chi connectivity index (χ1) is 10.8. The largest absolute Gasteiger partial charge is 0.573 e. The number of hydrogen-bond donors (Lipinski definition) is 1.